The summed E-state index contributed by atoms with van der Waals surface area (Å²) < 4.78 is 3.88. The number of hydrogen-bond acceptors (Lipinski definition) is 3. The van der Waals surface area contributed by atoms with Gasteiger partial charge in [0, 0.05) is 36.7 Å². The van der Waals surface area contributed by atoms with Crippen LogP contribution in [0.25, 0.3) is 0 Å². The van der Waals surface area contributed by atoms with Gasteiger partial charge in [-0.1, -0.05) is 19.8 Å². The summed E-state index contributed by atoms with van der Waals surface area (Å²) in [6, 6.07) is 0. The Labute approximate surface area is 125 Å². The average Bonchev–Trinajstić information content (AvgIpc) is 3.06. The van der Waals surface area contributed by atoms with Crippen molar-refractivity contribution in [2.45, 2.75) is 59.0 Å². The minimum Gasteiger partial charge on any atom is -0.503 e. The van der Waals surface area contributed by atoms with E-state index < -0.39 is 0 Å². The van der Waals surface area contributed by atoms with Gasteiger partial charge in [-0.25, -0.2) is 4.98 Å². The molecule has 2 aromatic heterocycles. The Morgan fingerprint density at radius 3 is 2.62 bits per heavy atom. The van der Waals surface area contributed by atoms with Crippen molar-refractivity contribution in [3.05, 3.63) is 30.0 Å². The van der Waals surface area contributed by atoms with Crippen LogP contribution in [-0.2, 0) is 19.5 Å². The van der Waals surface area contributed by atoms with Gasteiger partial charge in [0.2, 0.25) is 5.88 Å². The summed E-state index contributed by atoms with van der Waals surface area (Å²) in [5.41, 5.74) is 1.87. The molecule has 5 heteroatoms. The zero-order valence-corrected chi connectivity index (χ0v) is 12.9. The Morgan fingerprint density at radius 2 is 1.95 bits per heavy atom. The van der Waals surface area contributed by atoms with Gasteiger partial charge in [-0.15, -0.1) is 0 Å². The van der Waals surface area contributed by atoms with E-state index in [0.717, 1.165) is 37.1 Å². The SMILES string of the molecule is CCCCCc1c(C)c(O)c(O)n1CCCn1ccnc1. The van der Waals surface area contributed by atoms with Gasteiger partial charge in [0.25, 0.3) is 0 Å². The predicted molar refractivity (Wildman–Crippen MR) is 82.6 cm³/mol. The van der Waals surface area contributed by atoms with E-state index in [1.54, 1.807) is 12.5 Å². The summed E-state index contributed by atoms with van der Waals surface area (Å²) in [5.74, 6) is 0.0359. The van der Waals surface area contributed by atoms with Gasteiger partial charge in [0.15, 0.2) is 5.75 Å². The summed E-state index contributed by atoms with van der Waals surface area (Å²) in [5, 5.41) is 20.1. The summed E-state index contributed by atoms with van der Waals surface area (Å²) in [7, 11) is 0. The smallest absolute Gasteiger partial charge is 0.235 e. The Hall–Kier alpha value is -1.91. The molecule has 2 aromatic rings. The van der Waals surface area contributed by atoms with Crippen LogP contribution in [0, 0.1) is 6.92 Å². The van der Waals surface area contributed by atoms with E-state index in [2.05, 4.69) is 11.9 Å². The molecule has 0 saturated carbocycles. The van der Waals surface area contributed by atoms with E-state index in [1.807, 2.05) is 22.3 Å². The largest absolute Gasteiger partial charge is 0.503 e. The van der Waals surface area contributed by atoms with Crippen LogP contribution in [0.1, 0.15) is 43.9 Å². The van der Waals surface area contributed by atoms with Gasteiger partial charge >= 0.3 is 0 Å². The number of rotatable bonds is 8. The normalized spacial score (nSPS) is 11.1. The third kappa shape index (κ3) is 3.60. The van der Waals surface area contributed by atoms with Crippen LogP contribution in [0.4, 0.5) is 0 Å². The maximum atomic E-state index is 10.1. The van der Waals surface area contributed by atoms with E-state index in [4.69, 9.17) is 0 Å². The second kappa shape index (κ2) is 7.20. The first kappa shape index (κ1) is 15.5. The van der Waals surface area contributed by atoms with Crippen molar-refractivity contribution in [2.75, 3.05) is 0 Å². The summed E-state index contributed by atoms with van der Waals surface area (Å²) >= 11 is 0. The summed E-state index contributed by atoms with van der Waals surface area (Å²) in [4.78, 5) is 4.02. The first-order chi connectivity index (χ1) is 10.1. The number of aromatic nitrogens is 3. The monoisotopic (exact) mass is 291 g/mol. The maximum Gasteiger partial charge on any atom is 0.235 e. The molecule has 0 unspecified atom stereocenters. The van der Waals surface area contributed by atoms with Crippen molar-refractivity contribution < 1.29 is 10.2 Å². The molecule has 0 spiro atoms. The van der Waals surface area contributed by atoms with Crippen molar-refractivity contribution in [1.29, 1.82) is 0 Å². The van der Waals surface area contributed by atoms with Gasteiger partial charge in [-0.2, -0.15) is 0 Å². The lowest BCUT2D eigenvalue weighted by atomic mass is 10.1. The molecule has 116 valence electrons. The average molecular weight is 291 g/mol. The number of nitrogens with zero attached hydrogens (tertiary/aromatic N) is 3. The second-order valence-corrected chi connectivity index (χ2v) is 5.51. The topological polar surface area (TPSA) is 63.2 Å². The fourth-order valence-electron chi connectivity index (χ4n) is 2.70. The van der Waals surface area contributed by atoms with E-state index in [0.29, 0.717) is 6.54 Å². The molecule has 2 rings (SSSR count). The molecule has 5 nitrogen and oxygen atoms in total. The summed E-state index contributed by atoms with van der Waals surface area (Å²) in [6.45, 7) is 5.60. The van der Waals surface area contributed by atoms with Crippen LogP contribution in [0.3, 0.4) is 0 Å². The molecule has 21 heavy (non-hydrogen) atoms. The minimum atomic E-state index is 0.00429. The zero-order chi connectivity index (χ0) is 15.2. The molecule has 0 fully saturated rings. The number of unbranched alkanes of at least 4 members (excludes halogenated alkanes) is 2. The molecule has 0 amide bonds. The zero-order valence-electron chi connectivity index (χ0n) is 12.9. The molecule has 0 bridgehead atoms. The van der Waals surface area contributed by atoms with Crippen LogP contribution in [0.2, 0.25) is 0 Å². The van der Waals surface area contributed by atoms with E-state index in [1.165, 1.54) is 12.8 Å². The highest BCUT2D eigenvalue weighted by Crippen LogP contribution is 2.35. The van der Waals surface area contributed by atoms with Crippen molar-refractivity contribution in [3.8, 4) is 11.6 Å². The lowest BCUT2D eigenvalue weighted by molar-refractivity contribution is 0.364. The van der Waals surface area contributed by atoms with Crippen LogP contribution >= 0.6 is 0 Å². The van der Waals surface area contributed by atoms with Gasteiger partial charge in [-0.05, 0) is 26.2 Å². The lowest BCUT2D eigenvalue weighted by Crippen LogP contribution is -2.07. The van der Waals surface area contributed by atoms with E-state index in [9.17, 15) is 10.2 Å². The molecule has 0 radical (unpaired) electrons. The third-order valence-electron chi connectivity index (χ3n) is 3.96. The molecular weight excluding hydrogens is 266 g/mol. The van der Waals surface area contributed by atoms with Crippen LogP contribution in [0.15, 0.2) is 18.7 Å². The fourth-order valence-corrected chi connectivity index (χ4v) is 2.70. The van der Waals surface area contributed by atoms with Crippen LogP contribution in [-0.4, -0.2) is 24.3 Å². The van der Waals surface area contributed by atoms with E-state index in [-0.39, 0.29) is 11.6 Å². The molecule has 0 aromatic carbocycles. The lowest BCUT2D eigenvalue weighted by Gasteiger charge is -2.11. The molecule has 2 N–H and O–H groups in total. The van der Waals surface area contributed by atoms with Gasteiger partial charge < -0.3 is 19.3 Å². The highest BCUT2D eigenvalue weighted by atomic mass is 16.3. The molecule has 0 aliphatic carbocycles. The highest BCUT2D eigenvalue weighted by molar-refractivity contribution is 5.46. The quantitative estimate of drug-likeness (QED) is 0.734. The number of aromatic hydroxyl groups is 2. The van der Waals surface area contributed by atoms with Crippen molar-refractivity contribution in [2.24, 2.45) is 0 Å². The van der Waals surface area contributed by atoms with Crippen molar-refractivity contribution in [1.82, 2.24) is 14.1 Å². The Morgan fingerprint density at radius 1 is 1.14 bits per heavy atom. The van der Waals surface area contributed by atoms with Gasteiger partial charge in [0.1, 0.15) is 0 Å². The maximum absolute atomic E-state index is 10.1. The summed E-state index contributed by atoms with van der Waals surface area (Å²) in [6.07, 6.45) is 10.7. The van der Waals surface area contributed by atoms with Crippen LogP contribution < -0.4 is 0 Å². The van der Waals surface area contributed by atoms with Gasteiger partial charge in [-0.3, -0.25) is 0 Å². The van der Waals surface area contributed by atoms with Crippen LogP contribution in [0.5, 0.6) is 11.6 Å². The molecule has 0 aliphatic rings. The minimum absolute atomic E-state index is 0.00429. The standard InChI is InChI=1S/C16H25N3O2/c1-3-4-5-7-14-13(2)15(20)16(21)19(14)10-6-9-18-11-8-17-12-18/h8,11-12,20-21H,3-7,9-10H2,1-2H3. The van der Waals surface area contributed by atoms with Crippen molar-refractivity contribution in [3.63, 3.8) is 0 Å². The Kier molecular flexibility index (Phi) is 5.31. The molecule has 0 atom stereocenters. The molecule has 2 heterocycles. The van der Waals surface area contributed by atoms with E-state index >= 15 is 0 Å². The molecular formula is C16H25N3O2. The predicted octanol–water partition coefficient (Wildman–Crippen LogP) is 3.23. The first-order valence-electron chi connectivity index (χ1n) is 7.70. The van der Waals surface area contributed by atoms with Crippen molar-refractivity contribution >= 4 is 0 Å². The fraction of sp³-hybridized carbons (Fsp3) is 0.562. The third-order valence-corrected chi connectivity index (χ3v) is 3.96. The van der Waals surface area contributed by atoms with Gasteiger partial charge in [0.05, 0.1) is 6.33 Å². The number of aryl methyl sites for hydroxylation is 1. The Balaban J connectivity index is 2.03. The molecule has 0 saturated heterocycles. The highest BCUT2D eigenvalue weighted by Gasteiger charge is 2.18. The molecule has 0 aliphatic heterocycles. The first-order valence-corrected chi connectivity index (χ1v) is 7.70. The Bertz CT molecular complexity index is 559. The second-order valence-electron chi connectivity index (χ2n) is 5.51. The number of imidazole rings is 1. The number of hydrogen-bond donors (Lipinski definition) is 2.